The van der Waals surface area contributed by atoms with Gasteiger partial charge in [-0.25, -0.2) is 0 Å². The van der Waals surface area contributed by atoms with E-state index < -0.39 is 0 Å². The van der Waals surface area contributed by atoms with Gasteiger partial charge in [-0.2, -0.15) is 0 Å². The average Bonchev–Trinajstić information content (AvgIpc) is 3.01. The smallest absolute Gasteiger partial charge is 0.0410 e. The Hall–Kier alpha value is -0.180. The molecule has 1 nitrogen and oxygen atoms in total. The van der Waals surface area contributed by atoms with E-state index in [4.69, 9.17) is 11.6 Å². The largest absolute Gasteiger partial charge is 0.310 e. The molecule has 2 rings (SSSR count). The first-order valence-electron chi connectivity index (χ1n) is 5.83. The van der Waals surface area contributed by atoms with E-state index in [0.717, 1.165) is 17.6 Å². The molecule has 0 spiro atoms. The quantitative estimate of drug-likeness (QED) is 0.796. The molecule has 1 aliphatic carbocycles. The van der Waals surface area contributed by atoms with Crippen molar-refractivity contribution in [2.45, 2.75) is 49.4 Å². The van der Waals surface area contributed by atoms with Crippen LogP contribution in [0.25, 0.3) is 0 Å². The van der Waals surface area contributed by atoms with E-state index in [-0.39, 0.29) is 0 Å². The van der Waals surface area contributed by atoms with Gasteiger partial charge in [0.25, 0.3) is 0 Å². The molecular formula is C13H18ClNS. The van der Waals surface area contributed by atoms with Gasteiger partial charge >= 0.3 is 0 Å². The maximum atomic E-state index is 6.05. The summed E-state index contributed by atoms with van der Waals surface area (Å²) in [6.45, 7) is 5.38. The van der Waals surface area contributed by atoms with Gasteiger partial charge < -0.3 is 5.32 Å². The van der Waals surface area contributed by atoms with Crippen molar-refractivity contribution in [1.29, 1.82) is 0 Å². The van der Waals surface area contributed by atoms with Crippen LogP contribution in [0.5, 0.6) is 0 Å². The minimum atomic E-state index is 0.612. The Morgan fingerprint density at radius 3 is 2.81 bits per heavy atom. The fourth-order valence-electron chi connectivity index (χ4n) is 1.60. The highest BCUT2D eigenvalue weighted by molar-refractivity contribution is 8.00. The van der Waals surface area contributed by atoms with Crippen LogP contribution in [0.3, 0.4) is 0 Å². The molecule has 1 N–H and O–H groups in total. The lowest BCUT2D eigenvalue weighted by Crippen LogP contribution is -2.16. The van der Waals surface area contributed by atoms with Crippen LogP contribution < -0.4 is 5.32 Å². The lowest BCUT2D eigenvalue weighted by molar-refractivity contribution is 0.680. The Balaban J connectivity index is 2.07. The van der Waals surface area contributed by atoms with Crippen LogP contribution in [-0.2, 0) is 6.54 Å². The van der Waals surface area contributed by atoms with E-state index in [1.165, 1.54) is 23.3 Å². The molecule has 1 aliphatic rings. The SMILES string of the molecule is CC(C)Sc1ccc(Cl)cc1CNC1CC1. The van der Waals surface area contributed by atoms with Gasteiger partial charge in [0.1, 0.15) is 0 Å². The molecule has 16 heavy (non-hydrogen) atoms. The summed E-state index contributed by atoms with van der Waals surface area (Å²) in [7, 11) is 0. The molecule has 0 amide bonds. The Morgan fingerprint density at radius 1 is 1.44 bits per heavy atom. The fraction of sp³-hybridized carbons (Fsp3) is 0.538. The van der Waals surface area contributed by atoms with E-state index in [1.807, 2.05) is 17.8 Å². The third-order valence-electron chi connectivity index (χ3n) is 2.54. The maximum Gasteiger partial charge on any atom is 0.0410 e. The molecule has 88 valence electrons. The summed E-state index contributed by atoms with van der Waals surface area (Å²) in [6.07, 6.45) is 2.65. The molecule has 0 saturated heterocycles. The minimum Gasteiger partial charge on any atom is -0.310 e. The number of thioether (sulfide) groups is 1. The molecule has 0 radical (unpaired) electrons. The molecule has 1 aromatic carbocycles. The number of hydrogen-bond acceptors (Lipinski definition) is 2. The maximum absolute atomic E-state index is 6.05. The first kappa shape index (κ1) is 12.3. The predicted octanol–water partition coefficient (Wildman–Crippen LogP) is 4.09. The van der Waals surface area contributed by atoms with E-state index in [0.29, 0.717) is 5.25 Å². The highest BCUT2D eigenvalue weighted by Crippen LogP contribution is 2.29. The van der Waals surface area contributed by atoms with Crippen molar-refractivity contribution in [3.63, 3.8) is 0 Å². The first-order valence-corrected chi connectivity index (χ1v) is 7.09. The molecular weight excluding hydrogens is 238 g/mol. The van der Waals surface area contributed by atoms with Crippen molar-refractivity contribution in [2.24, 2.45) is 0 Å². The summed E-state index contributed by atoms with van der Waals surface area (Å²) < 4.78 is 0. The van der Waals surface area contributed by atoms with Crippen LogP contribution in [-0.4, -0.2) is 11.3 Å². The standard InChI is InChI=1S/C13H18ClNS/c1-9(2)16-13-6-3-11(14)7-10(13)8-15-12-4-5-12/h3,6-7,9,12,15H,4-5,8H2,1-2H3. The van der Waals surface area contributed by atoms with Crippen molar-refractivity contribution in [1.82, 2.24) is 5.32 Å². The van der Waals surface area contributed by atoms with Gasteiger partial charge in [0, 0.05) is 27.8 Å². The highest BCUT2D eigenvalue weighted by Gasteiger charge is 2.20. The second kappa shape index (κ2) is 5.44. The molecule has 0 unspecified atom stereocenters. The lowest BCUT2D eigenvalue weighted by atomic mass is 10.2. The molecule has 0 aliphatic heterocycles. The molecule has 0 aromatic heterocycles. The summed E-state index contributed by atoms with van der Waals surface area (Å²) in [4.78, 5) is 1.35. The van der Waals surface area contributed by atoms with Gasteiger partial charge in [-0.3, -0.25) is 0 Å². The third-order valence-corrected chi connectivity index (χ3v) is 3.90. The van der Waals surface area contributed by atoms with E-state index in [2.05, 4.69) is 31.3 Å². The van der Waals surface area contributed by atoms with Crippen molar-refractivity contribution in [3.8, 4) is 0 Å². The average molecular weight is 256 g/mol. The van der Waals surface area contributed by atoms with Gasteiger partial charge in [0.2, 0.25) is 0 Å². The Bertz CT molecular complexity index is 361. The van der Waals surface area contributed by atoms with Crippen LogP contribution in [0.2, 0.25) is 5.02 Å². The van der Waals surface area contributed by atoms with Crippen molar-refractivity contribution in [3.05, 3.63) is 28.8 Å². The first-order chi connectivity index (χ1) is 7.65. The van der Waals surface area contributed by atoms with Gasteiger partial charge in [-0.1, -0.05) is 25.4 Å². The van der Waals surface area contributed by atoms with E-state index >= 15 is 0 Å². The summed E-state index contributed by atoms with van der Waals surface area (Å²) >= 11 is 7.95. The molecule has 1 aromatic rings. The molecule has 3 heteroatoms. The zero-order valence-corrected chi connectivity index (χ0v) is 11.4. The molecule has 1 saturated carbocycles. The topological polar surface area (TPSA) is 12.0 Å². The second-order valence-corrected chi connectivity index (χ2v) is 6.63. The van der Waals surface area contributed by atoms with Crippen LogP contribution in [0.4, 0.5) is 0 Å². The number of benzene rings is 1. The number of hydrogen-bond donors (Lipinski definition) is 1. The van der Waals surface area contributed by atoms with Crippen molar-refractivity contribution >= 4 is 23.4 Å². The van der Waals surface area contributed by atoms with E-state index in [1.54, 1.807) is 0 Å². The Kier molecular flexibility index (Phi) is 4.17. The van der Waals surface area contributed by atoms with Gasteiger partial charge in [0.05, 0.1) is 0 Å². The minimum absolute atomic E-state index is 0.612. The number of nitrogens with one attached hydrogen (secondary N) is 1. The summed E-state index contributed by atoms with van der Waals surface area (Å²) in [5.74, 6) is 0. The van der Waals surface area contributed by atoms with Gasteiger partial charge in [-0.05, 0) is 36.6 Å². The molecule has 0 atom stereocenters. The van der Waals surface area contributed by atoms with Crippen LogP contribution in [0, 0.1) is 0 Å². The normalized spacial score (nSPS) is 15.8. The zero-order chi connectivity index (χ0) is 11.5. The molecule has 0 heterocycles. The third kappa shape index (κ3) is 3.69. The monoisotopic (exact) mass is 255 g/mol. The van der Waals surface area contributed by atoms with Crippen LogP contribution in [0.1, 0.15) is 32.3 Å². The second-order valence-electron chi connectivity index (χ2n) is 4.57. The van der Waals surface area contributed by atoms with Crippen molar-refractivity contribution < 1.29 is 0 Å². The van der Waals surface area contributed by atoms with E-state index in [9.17, 15) is 0 Å². The highest BCUT2D eigenvalue weighted by atomic mass is 35.5. The fourth-order valence-corrected chi connectivity index (χ4v) is 2.73. The van der Waals surface area contributed by atoms with Crippen LogP contribution >= 0.6 is 23.4 Å². The van der Waals surface area contributed by atoms with Crippen LogP contribution in [0.15, 0.2) is 23.1 Å². The van der Waals surface area contributed by atoms with Gasteiger partial charge in [0.15, 0.2) is 0 Å². The molecule has 0 bridgehead atoms. The number of halogens is 1. The predicted molar refractivity (Wildman–Crippen MR) is 72.3 cm³/mol. The van der Waals surface area contributed by atoms with Crippen molar-refractivity contribution in [2.75, 3.05) is 0 Å². The molecule has 1 fully saturated rings. The number of rotatable bonds is 5. The van der Waals surface area contributed by atoms with Gasteiger partial charge in [-0.15, -0.1) is 11.8 Å². The zero-order valence-electron chi connectivity index (χ0n) is 9.79. The Morgan fingerprint density at radius 2 is 2.19 bits per heavy atom. The summed E-state index contributed by atoms with van der Waals surface area (Å²) in [6, 6.07) is 6.95. The lowest BCUT2D eigenvalue weighted by Gasteiger charge is -2.12. The Labute approximate surface area is 107 Å². The summed E-state index contributed by atoms with van der Waals surface area (Å²) in [5, 5.41) is 4.99. The summed E-state index contributed by atoms with van der Waals surface area (Å²) in [5.41, 5.74) is 1.33.